The number of allylic oxidation sites excluding steroid dienone is 1. The van der Waals surface area contributed by atoms with Crippen LogP contribution in [0.15, 0.2) is 42.6 Å². The Kier molecular flexibility index (Phi) is 3.68. The lowest BCUT2D eigenvalue weighted by Gasteiger charge is -2.16. The minimum Gasteiger partial charge on any atom is -0.399 e. The number of anilines is 1. The van der Waals surface area contributed by atoms with Crippen molar-refractivity contribution >= 4 is 29.7 Å². The molecular weight excluding hydrogens is 244 g/mol. The van der Waals surface area contributed by atoms with E-state index >= 15 is 0 Å². The van der Waals surface area contributed by atoms with E-state index < -0.39 is 0 Å². The molecule has 3 rings (SSSR count). The fourth-order valence-corrected chi connectivity index (χ4v) is 2.26. The molecule has 3 heteroatoms. The summed E-state index contributed by atoms with van der Waals surface area (Å²) in [5.41, 5.74) is 11.6. The number of pyridine rings is 1. The molecule has 2 N–H and O–H groups in total. The van der Waals surface area contributed by atoms with E-state index in [2.05, 4.69) is 35.3 Å². The van der Waals surface area contributed by atoms with Gasteiger partial charge in [0.2, 0.25) is 0 Å². The fourth-order valence-electron chi connectivity index (χ4n) is 2.26. The van der Waals surface area contributed by atoms with Crippen LogP contribution in [0.5, 0.6) is 0 Å². The number of nitrogens with two attached hydrogens (primary N) is 1. The van der Waals surface area contributed by atoms with E-state index in [0.717, 1.165) is 24.2 Å². The van der Waals surface area contributed by atoms with Gasteiger partial charge in [-0.05, 0) is 47.8 Å². The summed E-state index contributed by atoms with van der Waals surface area (Å²) in [7, 11) is 0. The number of aromatic nitrogens is 1. The Hall–Kier alpha value is -1.80. The molecule has 1 aromatic heterocycles. The number of hydrogen-bond acceptors (Lipinski definition) is 2. The molecule has 0 radical (unpaired) electrons. The molecule has 0 spiro atoms. The van der Waals surface area contributed by atoms with Crippen LogP contribution in [0.1, 0.15) is 23.2 Å². The van der Waals surface area contributed by atoms with Crippen molar-refractivity contribution in [1.82, 2.24) is 4.98 Å². The van der Waals surface area contributed by atoms with E-state index in [-0.39, 0.29) is 12.4 Å². The summed E-state index contributed by atoms with van der Waals surface area (Å²) < 4.78 is 0. The zero-order valence-corrected chi connectivity index (χ0v) is 10.8. The van der Waals surface area contributed by atoms with Crippen LogP contribution in [0.4, 0.5) is 5.69 Å². The molecular formula is C15H15ClN2. The van der Waals surface area contributed by atoms with Crippen molar-refractivity contribution in [3.05, 3.63) is 59.4 Å². The monoisotopic (exact) mass is 258 g/mol. The average Bonchev–Trinajstić information content (AvgIpc) is 2.38. The molecule has 0 amide bonds. The van der Waals surface area contributed by atoms with Gasteiger partial charge in [-0.1, -0.05) is 24.3 Å². The van der Waals surface area contributed by atoms with Crippen LogP contribution >= 0.6 is 12.4 Å². The van der Waals surface area contributed by atoms with Gasteiger partial charge in [-0.3, -0.25) is 4.98 Å². The van der Waals surface area contributed by atoms with Crippen LogP contribution in [-0.2, 0) is 6.42 Å². The van der Waals surface area contributed by atoms with Crippen molar-refractivity contribution in [2.45, 2.75) is 12.8 Å². The van der Waals surface area contributed by atoms with Crippen LogP contribution in [0.2, 0.25) is 0 Å². The normalized spacial score (nSPS) is 13.2. The van der Waals surface area contributed by atoms with Crippen LogP contribution in [0, 0.1) is 0 Å². The fraction of sp³-hybridized carbons (Fsp3) is 0.133. The van der Waals surface area contributed by atoms with Gasteiger partial charge in [0.1, 0.15) is 0 Å². The Bertz CT molecular complexity index is 591. The third-order valence-corrected chi connectivity index (χ3v) is 3.16. The molecule has 92 valence electrons. The number of nitrogens with zero attached hydrogens (tertiary/aromatic N) is 1. The number of hydrogen-bond donors (Lipinski definition) is 1. The van der Waals surface area contributed by atoms with Gasteiger partial charge >= 0.3 is 0 Å². The highest BCUT2D eigenvalue weighted by Crippen LogP contribution is 2.29. The summed E-state index contributed by atoms with van der Waals surface area (Å²) in [4.78, 5) is 4.39. The first-order valence-electron chi connectivity index (χ1n) is 5.83. The van der Waals surface area contributed by atoms with E-state index in [1.54, 1.807) is 6.20 Å². The maximum atomic E-state index is 5.79. The number of benzene rings is 1. The minimum atomic E-state index is 0. The van der Waals surface area contributed by atoms with Crippen LogP contribution in [0.3, 0.4) is 0 Å². The van der Waals surface area contributed by atoms with Gasteiger partial charge in [0.15, 0.2) is 0 Å². The molecule has 2 aromatic rings. The summed E-state index contributed by atoms with van der Waals surface area (Å²) in [6.07, 6.45) is 6.11. The first-order valence-corrected chi connectivity index (χ1v) is 5.83. The standard InChI is InChI=1S/C15H14N2.ClH/c16-14-7-8-17-15(10-14)13-6-5-11-3-1-2-4-12(11)9-13;/h1-4,7-10H,5-6H2,(H2,16,17);1H. The molecule has 2 nitrogen and oxygen atoms in total. The second-order valence-electron chi connectivity index (χ2n) is 4.34. The van der Waals surface area contributed by atoms with Crippen LogP contribution < -0.4 is 5.73 Å². The predicted octanol–water partition coefficient (Wildman–Crippen LogP) is 3.57. The van der Waals surface area contributed by atoms with Crippen molar-refractivity contribution in [3.63, 3.8) is 0 Å². The Balaban J connectivity index is 0.00000120. The van der Waals surface area contributed by atoms with Crippen LogP contribution in [-0.4, -0.2) is 4.98 Å². The van der Waals surface area contributed by atoms with Gasteiger partial charge in [-0.15, -0.1) is 12.4 Å². The topological polar surface area (TPSA) is 38.9 Å². The largest absolute Gasteiger partial charge is 0.399 e. The summed E-state index contributed by atoms with van der Waals surface area (Å²) in [6, 6.07) is 12.3. The molecule has 0 bridgehead atoms. The van der Waals surface area contributed by atoms with E-state index in [1.807, 2.05) is 12.1 Å². The predicted molar refractivity (Wildman–Crippen MR) is 78.5 cm³/mol. The summed E-state index contributed by atoms with van der Waals surface area (Å²) in [5, 5.41) is 0. The van der Waals surface area contributed by atoms with Crippen molar-refractivity contribution in [3.8, 4) is 0 Å². The van der Waals surface area contributed by atoms with Gasteiger partial charge in [-0.2, -0.15) is 0 Å². The molecule has 0 atom stereocenters. The molecule has 1 aliphatic rings. The Morgan fingerprint density at radius 1 is 1.06 bits per heavy atom. The average molecular weight is 259 g/mol. The number of aryl methyl sites for hydroxylation is 1. The number of fused-ring (bicyclic) bond motifs is 1. The van der Waals surface area contributed by atoms with Crippen molar-refractivity contribution in [1.29, 1.82) is 0 Å². The van der Waals surface area contributed by atoms with Crippen molar-refractivity contribution < 1.29 is 0 Å². The molecule has 1 heterocycles. The maximum absolute atomic E-state index is 5.79. The molecule has 18 heavy (non-hydrogen) atoms. The van der Waals surface area contributed by atoms with Gasteiger partial charge in [0.05, 0.1) is 5.69 Å². The van der Waals surface area contributed by atoms with Gasteiger partial charge < -0.3 is 5.73 Å². The summed E-state index contributed by atoms with van der Waals surface area (Å²) in [5.74, 6) is 0. The summed E-state index contributed by atoms with van der Waals surface area (Å²) in [6.45, 7) is 0. The van der Waals surface area contributed by atoms with E-state index in [4.69, 9.17) is 5.73 Å². The van der Waals surface area contributed by atoms with E-state index in [1.165, 1.54) is 16.7 Å². The summed E-state index contributed by atoms with van der Waals surface area (Å²) >= 11 is 0. The van der Waals surface area contributed by atoms with Crippen molar-refractivity contribution in [2.75, 3.05) is 5.73 Å². The molecule has 1 aromatic carbocycles. The van der Waals surface area contributed by atoms with Gasteiger partial charge in [0, 0.05) is 11.9 Å². The van der Waals surface area contributed by atoms with E-state index in [0.29, 0.717) is 0 Å². The molecule has 0 fully saturated rings. The molecule has 0 aliphatic heterocycles. The second kappa shape index (κ2) is 5.23. The van der Waals surface area contributed by atoms with E-state index in [9.17, 15) is 0 Å². The SMILES string of the molecule is Cl.Nc1ccnc(C2=Cc3ccccc3CC2)c1. The maximum Gasteiger partial charge on any atom is 0.0682 e. The minimum absolute atomic E-state index is 0. The molecule has 1 aliphatic carbocycles. The molecule has 0 saturated heterocycles. The zero-order valence-electron chi connectivity index (χ0n) is 9.97. The first kappa shape index (κ1) is 12.7. The van der Waals surface area contributed by atoms with Gasteiger partial charge in [-0.25, -0.2) is 0 Å². The zero-order chi connectivity index (χ0) is 11.7. The lowest BCUT2D eigenvalue weighted by molar-refractivity contribution is 0.991. The van der Waals surface area contributed by atoms with Gasteiger partial charge in [0.25, 0.3) is 0 Å². The molecule has 0 unspecified atom stereocenters. The lowest BCUT2D eigenvalue weighted by atomic mass is 9.90. The third-order valence-electron chi connectivity index (χ3n) is 3.16. The highest BCUT2D eigenvalue weighted by Gasteiger charge is 2.11. The second-order valence-corrected chi connectivity index (χ2v) is 4.34. The Labute approximate surface area is 113 Å². The number of nitrogen functional groups attached to an aromatic ring is 1. The third kappa shape index (κ3) is 2.39. The smallest absolute Gasteiger partial charge is 0.0682 e. The Morgan fingerprint density at radius 2 is 1.89 bits per heavy atom. The number of rotatable bonds is 1. The van der Waals surface area contributed by atoms with Crippen molar-refractivity contribution in [2.24, 2.45) is 0 Å². The van der Waals surface area contributed by atoms with Crippen LogP contribution in [0.25, 0.3) is 11.6 Å². The highest BCUT2D eigenvalue weighted by atomic mass is 35.5. The number of halogens is 1. The first-order chi connectivity index (χ1) is 8.33. The quantitative estimate of drug-likeness (QED) is 0.849. The highest BCUT2D eigenvalue weighted by molar-refractivity contribution is 5.85. The Morgan fingerprint density at radius 3 is 2.72 bits per heavy atom. The lowest BCUT2D eigenvalue weighted by Crippen LogP contribution is -2.00. The molecule has 0 saturated carbocycles.